The monoisotopic (exact) mass is 152 g/mol. The summed E-state index contributed by atoms with van der Waals surface area (Å²) in [7, 11) is 4.17. The van der Waals surface area contributed by atoms with Gasteiger partial charge >= 0.3 is 0 Å². The minimum atomic E-state index is 0.217. The summed E-state index contributed by atoms with van der Waals surface area (Å²) in [6, 6.07) is 2.29. The van der Waals surface area contributed by atoms with Gasteiger partial charge in [-0.1, -0.05) is 12.8 Å². The molecule has 0 spiro atoms. The van der Waals surface area contributed by atoms with E-state index in [0.29, 0.717) is 6.42 Å². The highest BCUT2D eigenvalue weighted by Gasteiger charge is 2.35. The van der Waals surface area contributed by atoms with Crippen LogP contribution in [-0.2, 0) is 0 Å². The van der Waals surface area contributed by atoms with Gasteiger partial charge < -0.3 is 4.90 Å². The average molecular weight is 152 g/mol. The highest BCUT2D eigenvalue weighted by atomic mass is 15.1. The Kier molecular flexibility index (Phi) is 2.51. The topological polar surface area (TPSA) is 27.0 Å². The van der Waals surface area contributed by atoms with E-state index in [4.69, 9.17) is 5.26 Å². The van der Waals surface area contributed by atoms with Crippen molar-refractivity contribution in [2.45, 2.75) is 37.6 Å². The SMILES string of the molecule is CN(C)C1(CC#N)CCCC1. The average Bonchev–Trinajstić information content (AvgIpc) is 2.38. The van der Waals surface area contributed by atoms with E-state index in [0.717, 1.165) is 0 Å². The van der Waals surface area contributed by atoms with Crippen LogP contribution in [0.4, 0.5) is 0 Å². The highest BCUT2D eigenvalue weighted by Crippen LogP contribution is 2.35. The first-order chi connectivity index (χ1) is 5.21. The fourth-order valence-electron chi connectivity index (χ4n) is 1.96. The number of hydrogen-bond acceptors (Lipinski definition) is 2. The van der Waals surface area contributed by atoms with Crippen molar-refractivity contribution in [1.82, 2.24) is 4.90 Å². The first-order valence-corrected chi connectivity index (χ1v) is 4.26. The minimum absolute atomic E-state index is 0.217. The maximum atomic E-state index is 8.66. The minimum Gasteiger partial charge on any atom is -0.303 e. The summed E-state index contributed by atoms with van der Waals surface area (Å²) < 4.78 is 0. The lowest BCUT2D eigenvalue weighted by Crippen LogP contribution is -2.41. The van der Waals surface area contributed by atoms with Crippen molar-refractivity contribution in [3.63, 3.8) is 0 Å². The molecular formula is C9H16N2. The van der Waals surface area contributed by atoms with E-state index in [1.165, 1.54) is 25.7 Å². The molecule has 0 radical (unpaired) electrons. The standard InChI is InChI=1S/C9H16N2/c1-11(2)9(7-8-10)5-3-4-6-9/h3-7H2,1-2H3. The van der Waals surface area contributed by atoms with E-state index in [1.807, 2.05) is 0 Å². The van der Waals surface area contributed by atoms with E-state index in [-0.39, 0.29) is 5.54 Å². The molecule has 0 atom stereocenters. The second kappa shape index (κ2) is 3.23. The van der Waals surface area contributed by atoms with Gasteiger partial charge in [0, 0.05) is 5.54 Å². The summed E-state index contributed by atoms with van der Waals surface area (Å²) in [5, 5.41) is 8.66. The van der Waals surface area contributed by atoms with E-state index in [9.17, 15) is 0 Å². The molecule has 2 nitrogen and oxygen atoms in total. The van der Waals surface area contributed by atoms with Crippen molar-refractivity contribution in [1.29, 1.82) is 5.26 Å². The van der Waals surface area contributed by atoms with Crippen LogP contribution in [0.5, 0.6) is 0 Å². The molecular weight excluding hydrogens is 136 g/mol. The van der Waals surface area contributed by atoms with Crippen LogP contribution < -0.4 is 0 Å². The van der Waals surface area contributed by atoms with Crippen molar-refractivity contribution in [3.8, 4) is 6.07 Å². The third kappa shape index (κ3) is 1.54. The quantitative estimate of drug-likeness (QED) is 0.603. The summed E-state index contributed by atoms with van der Waals surface area (Å²) in [6.45, 7) is 0. The van der Waals surface area contributed by atoms with Crippen LogP contribution in [0.25, 0.3) is 0 Å². The van der Waals surface area contributed by atoms with Gasteiger partial charge in [-0.15, -0.1) is 0 Å². The first kappa shape index (κ1) is 8.55. The van der Waals surface area contributed by atoms with Gasteiger partial charge in [0.05, 0.1) is 12.5 Å². The molecule has 62 valence electrons. The third-order valence-electron chi connectivity index (χ3n) is 2.89. The highest BCUT2D eigenvalue weighted by molar-refractivity contribution is 4.98. The second-order valence-electron chi connectivity index (χ2n) is 3.66. The van der Waals surface area contributed by atoms with Crippen molar-refractivity contribution in [3.05, 3.63) is 0 Å². The predicted octanol–water partition coefficient (Wildman–Crippen LogP) is 1.77. The van der Waals surface area contributed by atoms with Crippen LogP contribution in [-0.4, -0.2) is 24.5 Å². The van der Waals surface area contributed by atoms with Crippen molar-refractivity contribution < 1.29 is 0 Å². The van der Waals surface area contributed by atoms with E-state index < -0.39 is 0 Å². The van der Waals surface area contributed by atoms with Crippen molar-refractivity contribution in [2.24, 2.45) is 0 Å². The zero-order valence-corrected chi connectivity index (χ0v) is 7.43. The Morgan fingerprint density at radius 1 is 1.36 bits per heavy atom. The van der Waals surface area contributed by atoms with Crippen LogP contribution >= 0.6 is 0 Å². The molecule has 0 heterocycles. The van der Waals surface area contributed by atoms with Gasteiger partial charge in [-0.3, -0.25) is 0 Å². The van der Waals surface area contributed by atoms with Gasteiger partial charge in [-0.2, -0.15) is 5.26 Å². The zero-order valence-electron chi connectivity index (χ0n) is 7.43. The maximum Gasteiger partial charge on any atom is 0.0641 e. The summed E-state index contributed by atoms with van der Waals surface area (Å²) in [4.78, 5) is 2.23. The normalized spacial score (nSPS) is 22.0. The van der Waals surface area contributed by atoms with Gasteiger partial charge in [0.15, 0.2) is 0 Å². The molecule has 0 aromatic carbocycles. The molecule has 0 bridgehead atoms. The first-order valence-electron chi connectivity index (χ1n) is 4.26. The summed E-state index contributed by atoms with van der Waals surface area (Å²) in [5.74, 6) is 0. The van der Waals surface area contributed by atoms with Crippen LogP contribution in [0, 0.1) is 11.3 Å². The molecule has 11 heavy (non-hydrogen) atoms. The Hall–Kier alpha value is -0.550. The molecule has 0 aromatic rings. The number of nitriles is 1. The van der Waals surface area contributed by atoms with Gasteiger partial charge in [-0.05, 0) is 26.9 Å². The molecule has 0 aliphatic heterocycles. The number of nitrogens with zero attached hydrogens (tertiary/aromatic N) is 2. The lowest BCUT2D eigenvalue weighted by Gasteiger charge is -2.33. The molecule has 0 saturated heterocycles. The Morgan fingerprint density at radius 3 is 2.27 bits per heavy atom. The van der Waals surface area contributed by atoms with Crippen LogP contribution in [0.15, 0.2) is 0 Å². The number of hydrogen-bond donors (Lipinski definition) is 0. The zero-order chi connectivity index (χ0) is 8.32. The van der Waals surface area contributed by atoms with E-state index in [2.05, 4.69) is 25.1 Å². The van der Waals surface area contributed by atoms with Gasteiger partial charge in [0.25, 0.3) is 0 Å². The van der Waals surface area contributed by atoms with Crippen molar-refractivity contribution >= 4 is 0 Å². The maximum absolute atomic E-state index is 8.66. The molecule has 2 heteroatoms. The van der Waals surface area contributed by atoms with Crippen molar-refractivity contribution in [2.75, 3.05) is 14.1 Å². The van der Waals surface area contributed by atoms with Crippen LogP contribution in [0.1, 0.15) is 32.1 Å². The van der Waals surface area contributed by atoms with Gasteiger partial charge in [0.1, 0.15) is 0 Å². The van der Waals surface area contributed by atoms with Gasteiger partial charge in [0.2, 0.25) is 0 Å². The fourth-order valence-corrected chi connectivity index (χ4v) is 1.96. The molecule has 0 aromatic heterocycles. The molecule has 0 N–H and O–H groups in total. The fraction of sp³-hybridized carbons (Fsp3) is 0.889. The summed E-state index contributed by atoms with van der Waals surface area (Å²) in [6.07, 6.45) is 5.68. The van der Waals surface area contributed by atoms with E-state index >= 15 is 0 Å². The Labute approximate surface area is 68.8 Å². The Bertz CT molecular complexity index is 161. The Balaban J connectivity index is 2.64. The molecule has 1 aliphatic carbocycles. The van der Waals surface area contributed by atoms with E-state index in [1.54, 1.807) is 0 Å². The van der Waals surface area contributed by atoms with Crippen LogP contribution in [0.3, 0.4) is 0 Å². The second-order valence-corrected chi connectivity index (χ2v) is 3.66. The molecule has 0 amide bonds. The molecule has 1 saturated carbocycles. The lowest BCUT2D eigenvalue weighted by atomic mass is 9.93. The molecule has 0 unspecified atom stereocenters. The smallest absolute Gasteiger partial charge is 0.0641 e. The molecule has 1 fully saturated rings. The third-order valence-corrected chi connectivity index (χ3v) is 2.89. The summed E-state index contributed by atoms with van der Waals surface area (Å²) >= 11 is 0. The largest absolute Gasteiger partial charge is 0.303 e. The predicted molar refractivity (Wildman–Crippen MR) is 45.1 cm³/mol. The number of rotatable bonds is 2. The lowest BCUT2D eigenvalue weighted by molar-refractivity contribution is 0.163. The Morgan fingerprint density at radius 2 is 1.91 bits per heavy atom. The van der Waals surface area contributed by atoms with Crippen LogP contribution in [0.2, 0.25) is 0 Å². The molecule has 1 aliphatic rings. The molecule has 1 rings (SSSR count). The summed E-state index contributed by atoms with van der Waals surface area (Å²) in [5.41, 5.74) is 0.217. The van der Waals surface area contributed by atoms with Gasteiger partial charge in [-0.25, -0.2) is 0 Å².